The van der Waals surface area contributed by atoms with Gasteiger partial charge in [0.05, 0.1) is 11.7 Å². The van der Waals surface area contributed by atoms with Crippen LogP contribution in [0.4, 0.5) is 4.39 Å². The largest absolute Gasteiger partial charge is 0.392 e. The number of aliphatic hydroxyl groups is 2. The molecule has 0 saturated heterocycles. The van der Waals surface area contributed by atoms with Crippen LogP contribution in [0.1, 0.15) is 57.9 Å². The molecule has 1 aromatic carbocycles. The van der Waals surface area contributed by atoms with E-state index < -0.39 is 11.7 Å². The molecular weight excluding hydrogens is 281 g/mol. The van der Waals surface area contributed by atoms with Gasteiger partial charge in [-0.1, -0.05) is 31.4 Å². The van der Waals surface area contributed by atoms with E-state index in [2.05, 4.69) is 5.32 Å². The molecule has 1 atom stereocenters. The summed E-state index contributed by atoms with van der Waals surface area (Å²) in [4.78, 5) is 0. The normalized spacial score (nSPS) is 19.9. The molecule has 1 saturated carbocycles. The molecule has 1 unspecified atom stereocenters. The molecule has 1 fully saturated rings. The van der Waals surface area contributed by atoms with Crippen LogP contribution < -0.4 is 5.32 Å². The van der Waals surface area contributed by atoms with Crippen molar-refractivity contribution in [3.05, 3.63) is 35.6 Å². The zero-order valence-corrected chi connectivity index (χ0v) is 13.6. The number of hydrogen-bond donors (Lipinski definition) is 3. The van der Waals surface area contributed by atoms with Gasteiger partial charge in [0.15, 0.2) is 0 Å². The van der Waals surface area contributed by atoms with Crippen molar-refractivity contribution in [1.82, 2.24) is 5.32 Å². The molecule has 4 heteroatoms. The van der Waals surface area contributed by atoms with Gasteiger partial charge in [-0.3, -0.25) is 0 Å². The Bertz CT molecular complexity index is 466. The average Bonchev–Trinajstić information content (AvgIpc) is 2.46. The van der Waals surface area contributed by atoms with Gasteiger partial charge in [0, 0.05) is 18.5 Å². The minimum atomic E-state index is -0.709. The molecule has 2 rings (SSSR count). The van der Waals surface area contributed by atoms with E-state index in [1.807, 2.05) is 13.8 Å². The molecule has 3 N–H and O–H groups in total. The Kier molecular flexibility index (Phi) is 5.59. The fourth-order valence-electron chi connectivity index (χ4n) is 3.27. The smallest absolute Gasteiger partial charge is 0.123 e. The van der Waals surface area contributed by atoms with Crippen LogP contribution in [0.5, 0.6) is 0 Å². The van der Waals surface area contributed by atoms with E-state index in [9.17, 15) is 14.6 Å². The summed E-state index contributed by atoms with van der Waals surface area (Å²) in [5, 5.41) is 24.0. The number of rotatable bonds is 6. The van der Waals surface area contributed by atoms with Crippen LogP contribution in [0.2, 0.25) is 0 Å². The molecule has 1 aromatic rings. The van der Waals surface area contributed by atoms with Crippen molar-refractivity contribution in [2.24, 2.45) is 0 Å². The summed E-state index contributed by atoms with van der Waals surface area (Å²) >= 11 is 0. The van der Waals surface area contributed by atoms with E-state index in [0.29, 0.717) is 13.0 Å². The van der Waals surface area contributed by atoms with E-state index >= 15 is 0 Å². The van der Waals surface area contributed by atoms with Crippen molar-refractivity contribution >= 4 is 0 Å². The predicted octanol–water partition coefficient (Wildman–Crippen LogP) is 3.10. The maximum Gasteiger partial charge on any atom is 0.123 e. The molecule has 0 heterocycles. The van der Waals surface area contributed by atoms with Crippen LogP contribution in [0.3, 0.4) is 0 Å². The van der Waals surface area contributed by atoms with Crippen LogP contribution in [-0.2, 0) is 5.54 Å². The van der Waals surface area contributed by atoms with Gasteiger partial charge in [0.25, 0.3) is 0 Å². The lowest BCUT2D eigenvalue weighted by Crippen LogP contribution is -2.44. The first kappa shape index (κ1) is 17.4. The van der Waals surface area contributed by atoms with Gasteiger partial charge >= 0.3 is 0 Å². The van der Waals surface area contributed by atoms with E-state index in [0.717, 1.165) is 31.2 Å². The summed E-state index contributed by atoms with van der Waals surface area (Å²) < 4.78 is 13.0. The minimum Gasteiger partial charge on any atom is -0.392 e. The van der Waals surface area contributed by atoms with Crippen molar-refractivity contribution in [2.45, 2.75) is 69.6 Å². The molecule has 0 aliphatic heterocycles. The molecule has 3 nitrogen and oxygen atoms in total. The first-order valence-corrected chi connectivity index (χ1v) is 8.22. The number of halogens is 1. The highest BCUT2D eigenvalue weighted by atomic mass is 19.1. The molecule has 1 aliphatic carbocycles. The lowest BCUT2D eigenvalue weighted by molar-refractivity contribution is -0.0380. The summed E-state index contributed by atoms with van der Waals surface area (Å²) in [5.41, 5.74) is -0.0964. The quantitative estimate of drug-likeness (QED) is 0.757. The Morgan fingerprint density at radius 1 is 1.18 bits per heavy atom. The fourth-order valence-corrected chi connectivity index (χ4v) is 3.27. The lowest BCUT2D eigenvalue weighted by Gasteiger charge is -2.35. The van der Waals surface area contributed by atoms with Gasteiger partial charge in [0.1, 0.15) is 5.82 Å². The number of benzene rings is 1. The SMILES string of the molecule is CC(C)(NCC(O)CC1(O)CCCCC1)c1ccc(F)cc1. The van der Waals surface area contributed by atoms with Gasteiger partial charge in [-0.2, -0.15) is 0 Å². The summed E-state index contributed by atoms with van der Waals surface area (Å²) in [6.07, 6.45) is 4.66. The van der Waals surface area contributed by atoms with Crippen LogP contribution in [0.15, 0.2) is 24.3 Å². The summed E-state index contributed by atoms with van der Waals surface area (Å²) in [7, 11) is 0. The monoisotopic (exact) mass is 309 g/mol. The molecule has 124 valence electrons. The fraction of sp³-hybridized carbons (Fsp3) is 0.667. The summed E-state index contributed by atoms with van der Waals surface area (Å²) in [6, 6.07) is 6.40. The van der Waals surface area contributed by atoms with Gasteiger partial charge < -0.3 is 15.5 Å². The van der Waals surface area contributed by atoms with Crippen LogP contribution in [-0.4, -0.2) is 28.5 Å². The highest BCUT2D eigenvalue weighted by Gasteiger charge is 2.32. The average molecular weight is 309 g/mol. The van der Waals surface area contributed by atoms with E-state index in [1.54, 1.807) is 12.1 Å². The second-order valence-corrected chi connectivity index (χ2v) is 7.16. The van der Waals surface area contributed by atoms with Gasteiger partial charge in [-0.25, -0.2) is 4.39 Å². The molecule has 0 bridgehead atoms. The second kappa shape index (κ2) is 7.07. The van der Waals surface area contributed by atoms with E-state index in [-0.39, 0.29) is 11.4 Å². The summed E-state index contributed by atoms with van der Waals surface area (Å²) in [5.74, 6) is -0.251. The van der Waals surface area contributed by atoms with Crippen molar-refractivity contribution < 1.29 is 14.6 Å². The second-order valence-electron chi connectivity index (χ2n) is 7.16. The number of aliphatic hydroxyl groups excluding tert-OH is 1. The molecule has 1 aliphatic rings. The molecule has 0 aromatic heterocycles. The first-order valence-electron chi connectivity index (χ1n) is 8.22. The van der Waals surface area contributed by atoms with Gasteiger partial charge in [-0.05, 0) is 44.4 Å². The van der Waals surface area contributed by atoms with Crippen molar-refractivity contribution in [2.75, 3.05) is 6.54 Å². The third-order valence-corrected chi connectivity index (χ3v) is 4.75. The Labute approximate surface area is 132 Å². The van der Waals surface area contributed by atoms with Gasteiger partial charge in [-0.15, -0.1) is 0 Å². The highest BCUT2D eigenvalue weighted by molar-refractivity contribution is 5.23. The Morgan fingerprint density at radius 2 is 1.77 bits per heavy atom. The Morgan fingerprint density at radius 3 is 2.36 bits per heavy atom. The number of hydrogen-bond acceptors (Lipinski definition) is 3. The third-order valence-electron chi connectivity index (χ3n) is 4.75. The first-order chi connectivity index (χ1) is 10.3. The number of nitrogens with one attached hydrogen (secondary N) is 1. The topological polar surface area (TPSA) is 52.5 Å². The molecule has 0 spiro atoms. The van der Waals surface area contributed by atoms with Crippen LogP contribution in [0, 0.1) is 5.82 Å². The maximum atomic E-state index is 13.0. The standard InChI is InChI=1S/C18H28FNO2/c1-17(2,14-6-8-15(19)9-7-14)20-13-16(21)12-18(22)10-4-3-5-11-18/h6-9,16,20-22H,3-5,10-13H2,1-2H3. The zero-order chi connectivity index (χ0) is 16.2. The lowest BCUT2D eigenvalue weighted by atomic mass is 9.81. The molecule has 0 radical (unpaired) electrons. The van der Waals surface area contributed by atoms with Crippen LogP contribution in [0.25, 0.3) is 0 Å². The third kappa shape index (κ3) is 4.77. The van der Waals surface area contributed by atoms with Gasteiger partial charge in [0.2, 0.25) is 0 Å². The predicted molar refractivity (Wildman–Crippen MR) is 86.1 cm³/mol. The van der Waals surface area contributed by atoms with Crippen LogP contribution >= 0.6 is 0 Å². The van der Waals surface area contributed by atoms with Crippen molar-refractivity contribution in [1.29, 1.82) is 0 Å². The molecule has 22 heavy (non-hydrogen) atoms. The van der Waals surface area contributed by atoms with Crippen molar-refractivity contribution in [3.8, 4) is 0 Å². The van der Waals surface area contributed by atoms with Crippen molar-refractivity contribution in [3.63, 3.8) is 0 Å². The van der Waals surface area contributed by atoms with E-state index in [1.165, 1.54) is 18.6 Å². The highest BCUT2D eigenvalue weighted by Crippen LogP contribution is 2.32. The minimum absolute atomic E-state index is 0.251. The van der Waals surface area contributed by atoms with E-state index in [4.69, 9.17) is 0 Å². The Hall–Kier alpha value is -0.970. The summed E-state index contributed by atoms with van der Waals surface area (Å²) in [6.45, 7) is 4.41. The maximum absolute atomic E-state index is 13.0. The molecule has 0 amide bonds. The molecular formula is C18H28FNO2. The Balaban J connectivity index is 1.86. The zero-order valence-electron chi connectivity index (χ0n) is 13.6.